The van der Waals surface area contributed by atoms with E-state index in [9.17, 15) is 13.2 Å². The molecule has 0 aromatic heterocycles. The summed E-state index contributed by atoms with van der Waals surface area (Å²) < 4.78 is 39.9. The highest BCUT2D eigenvalue weighted by atomic mass is 19.4. The van der Waals surface area contributed by atoms with Gasteiger partial charge in [0, 0.05) is 24.7 Å². The van der Waals surface area contributed by atoms with E-state index in [0.29, 0.717) is 24.4 Å². The van der Waals surface area contributed by atoms with Gasteiger partial charge in [-0.2, -0.15) is 13.2 Å². The van der Waals surface area contributed by atoms with E-state index < -0.39 is 11.7 Å². The Labute approximate surface area is 145 Å². The van der Waals surface area contributed by atoms with Crippen LogP contribution in [-0.2, 0) is 6.18 Å². The summed E-state index contributed by atoms with van der Waals surface area (Å²) in [6.45, 7) is 5.39. The number of hydrogen-bond acceptors (Lipinski definition) is 1. The van der Waals surface area contributed by atoms with Gasteiger partial charge in [0.1, 0.15) is 0 Å². The van der Waals surface area contributed by atoms with Gasteiger partial charge in [-0.15, -0.1) is 0 Å². The van der Waals surface area contributed by atoms with Gasteiger partial charge in [-0.1, -0.05) is 38.5 Å². The molecule has 2 aromatic rings. The number of fused-ring (bicyclic) bond motifs is 3. The quantitative estimate of drug-likeness (QED) is 0.487. The second-order valence-electron chi connectivity index (χ2n) is 6.50. The Bertz CT molecular complexity index is 811. The molecule has 1 aliphatic heterocycles. The smallest absolute Gasteiger partial charge is 0.370 e. The Kier molecular flexibility index (Phi) is 4.62. The summed E-state index contributed by atoms with van der Waals surface area (Å²) in [6, 6.07) is 7.64. The molecule has 0 saturated carbocycles. The number of alkyl halides is 3. The number of aliphatic imine (C=N–C) groups is 1. The summed E-state index contributed by atoms with van der Waals surface area (Å²) in [5, 5.41) is 0.882. The Balaban J connectivity index is 2.09. The molecule has 134 valence electrons. The van der Waals surface area contributed by atoms with Crippen LogP contribution in [0.1, 0.15) is 43.7 Å². The van der Waals surface area contributed by atoms with Crippen molar-refractivity contribution in [2.24, 2.45) is 10.7 Å². The van der Waals surface area contributed by atoms with Crippen LogP contribution in [0.4, 0.5) is 18.9 Å². The van der Waals surface area contributed by atoms with Crippen LogP contribution in [-0.4, -0.2) is 19.0 Å². The first-order valence-corrected chi connectivity index (χ1v) is 8.54. The summed E-state index contributed by atoms with van der Waals surface area (Å²) in [5.74, 6) is 0.521. The van der Waals surface area contributed by atoms with E-state index in [-0.39, 0.29) is 11.3 Å². The maximum absolute atomic E-state index is 13.3. The number of nitrogens with zero attached hydrogens (tertiary/aromatic N) is 2. The molecule has 1 atom stereocenters. The van der Waals surface area contributed by atoms with Crippen LogP contribution >= 0.6 is 0 Å². The lowest BCUT2D eigenvalue weighted by Gasteiger charge is -2.19. The molecule has 0 spiro atoms. The third-order valence-corrected chi connectivity index (χ3v) is 4.69. The predicted octanol–water partition coefficient (Wildman–Crippen LogP) is 4.90. The average Bonchev–Trinajstić information content (AvgIpc) is 2.91. The van der Waals surface area contributed by atoms with Gasteiger partial charge < -0.3 is 10.6 Å². The zero-order valence-electron chi connectivity index (χ0n) is 14.4. The van der Waals surface area contributed by atoms with Gasteiger partial charge in [0.05, 0.1) is 5.56 Å². The van der Waals surface area contributed by atoms with Gasteiger partial charge in [-0.3, -0.25) is 4.99 Å². The van der Waals surface area contributed by atoms with Crippen molar-refractivity contribution in [2.45, 2.75) is 38.8 Å². The van der Waals surface area contributed by atoms with Crippen molar-refractivity contribution in [2.75, 3.05) is 18.0 Å². The fraction of sp³-hybridized carbons (Fsp3) is 0.421. The fourth-order valence-electron chi connectivity index (χ4n) is 3.49. The lowest BCUT2D eigenvalue weighted by atomic mass is 9.94. The third-order valence-electron chi connectivity index (χ3n) is 4.69. The van der Waals surface area contributed by atoms with Crippen molar-refractivity contribution >= 4 is 22.4 Å². The van der Waals surface area contributed by atoms with E-state index in [2.05, 4.69) is 11.9 Å². The summed E-state index contributed by atoms with van der Waals surface area (Å²) in [4.78, 5) is 6.32. The van der Waals surface area contributed by atoms with Gasteiger partial charge in [0.15, 0.2) is 5.96 Å². The minimum atomic E-state index is -4.37. The molecule has 0 amide bonds. The van der Waals surface area contributed by atoms with Crippen molar-refractivity contribution in [3.63, 3.8) is 0 Å². The van der Waals surface area contributed by atoms with E-state index in [4.69, 9.17) is 5.73 Å². The molecule has 2 aromatic carbocycles. The molecule has 1 unspecified atom stereocenters. The standard InChI is InChI=1S/C19H22F3N3/c1-3-4-10-24-18(23)25-11-12(2)17-14-6-5-7-15(19(20,21)22)13(14)8-9-16(17)25/h5-9,12H,3-4,10-11H2,1-2H3,(H2,23,24). The number of guanidine groups is 1. The second kappa shape index (κ2) is 6.58. The molecule has 1 heterocycles. The Hall–Kier alpha value is -2.24. The summed E-state index contributed by atoms with van der Waals surface area (Å²) >= 11 is 0. The number of benzene rings is 2. The molecule has 0 fully saturated rings. The van der Waals surface area contributed by atoms with E-state index >= 15 is 0 Å². The number of rotatable bonds is 3. The van der Waals surface area contributed by atoms with Crippen LogP contribution in [0.2, 0.25) is 0 Å². The molecule has 25 heavy (non-hydrogen) atoms. The second-order valence-corrected chi connectivity index (χ2v) is 6.50. The number of halogens is 3. The Morgan fingerprint density at radius 1 is 1.24 bits per heavy atom. The molecule has 6 heteroatoms. The highest BCUT2D eigenvalue weighted by Crippen LogP contribution is 2.44. The third kappa shape index (κ3) is 3.17. The van der Waals surface area contributed by atoms with E-state index in [1.807, 2.05) is 11.8 Å². The molecule has 2 N–H and O–H groups in total. The summed E-state index contributed by atoms with van der Waals surface area (Å²) in [7, 11) is 0. The first kappa shape index (κ1) is 17.6. The summed E-state index contributed by atoms with van der Waals surface area (Å²) in [5.41, 5.74) is 7.31. The Morgan fingerprint density at radius 2 is 2.00 bits per heavy atom. The minimum absolute atomic E-state index is 0.0853. The molecule has 0 saturated heterocycles. The van der Waals surface area contributed by atoms with E-state index in [1.165, 1.54) is 6.07 Å². The SMILES string of the molecule is CCCCN=C(N)N1CC(C)c2c1ccc1c(C(F)(F)F)cccc21. The van der Waals surface area contributed by atoms with Crippen molar-refractivity contribution in [3.8, 4) is 0 Å². The van der Waals surface area contributed by atoms with E-state index in [1.54, 1.807) is 18.2 Å². The number of anilines is 1. The van der Waals surface area contributed by atoms with Crippen molar-refractivity contribution < 1.29 is 13.2 Å². The topological polar surface area (TPSA) is 41.6 Å². The molecular weight excluding hydrogens is 327 g/mol. The summed E-state index contributed by atoms with van der Waals surface area (Å²) in [6.07, 6.45) is -2.37. The maximum Gasteiger partial charge on any atom is 0.417 e. The molecule has 0 radical (unpaired) electrons. The first-order valence-electron chi connectivity index (χ1n) is 8.54. The fourth-order valence-corrected chi connectivity index (χ4v) is 3.49. The highest BCUT2D eigenvalue weighted by molar-refractivity contribution is 6.02. The van der Waals surface area contributed by atoms with Crippen LogP contribution < -0.4 is 10.6 Å². The number of unbranched alkanes of at least 4 members (excludes halogenated alkanes) is 1. The number of nitrogens with two attached hydrogens (primary N) is 1. The van der Waals surface area contributed by atoms with Crippen LogP contribution in [0, 0.1) is 0 Å². The Morgan fingerprint density at radius 3 is 2.68 bits per heavy atom. The first-order chi connectivity index (χ1) is 11.8. The zero-order valence-corrected chi connectivity index (χ0v) is 14.4. The van der Waals surface area contributed by atoms with Crippen LogP contribution in [0.15, 0.2) is 35.3 Å². The normalized spacial score (nSPS) is 18.0. The van der Waals surface area contributed by atoms with Crippen LogP contribution in [0.3, 0.4) is 0 Å². The van der Waals surface area contributed by atoms with Gasteiger partial charge in [0.2, 0.25) is 0 Å². The van der Waals surface area contributed by atoms with Gasteiger partial charge >= 0.3 is 6.18 Å². The van der Waals surface area contributed by atoms with Crippen molar-refractivity contribution in [1.29, 1.82) is 0 Å². The van der Waals surface area contributed by atoms with E-state index in [0.717, 1.165) is 30.2 Å². The molecule has 3 rings (SSSR count). The van der Waals surface area contributed by atoms with Gasteiger partial charge in [-0.05, 0) is 34.9 Å². The molecular formula is C19H22F3N3. The largest absolute Gasteiger partial charge is 0.417 e. The van der Waals surface area contributed by atoms with Crippen LogP contribution in [0.25, 0.3) is 10.8 Å². The molecule has 1 aliphatic rings. The monoisotopic (exact) mass is 349 g/mol. The average molecular weight is 349 g/mol. The predicted molar refractivity (Wildman–Crippen MR) is 96.1 cm³/mol. The molecule has 0 bridgehead atoms. The molecule has 3 nitrogen and oxygen atoms in total. The van der Waals surface area contributed by atoms with Crippen molar-refractivity contribution in [1.82, 2.24) is 0 Å². The molecule has 0 aliphatic carbocycles. The lowest BCUT2D eigenvalue weighted by molar-refractivity contribution is -0.136. The minimum Gasteiger partial charge on any atom is -0.370 e. The van der Waals surface area contributed by atoms with Crippen molar-refractivity contribution in [3.05, 3.63) is 41.5 Å². The number of hydrogen-bond donors (Lipinski definition) is 1. The zero-order chi connectivity index (χ0) is 18.2. The highest BCUT2D eigenvalue weighted by Gasteiger charge is 2.35. The van der Waals surface area contributed by atoms with Gasteiger partial charge in [-0.25, -0.2) is 0 Å². The lowest BCUT2D eigenvalue weighted by Crippen LogP contribution is -2.36. The van der Waals surface area contributed by atoms with Gasteiger partial charge in [0.25, 0.3) is 0 Å². The van der Waals surface area contributed by atoms with Crippen LogP contribution in [0.5, 0.6) is 0 Å². The maximum atomic E-state index is 13.3.